The average Bonchev–Trinajstić information content (AvgIpc) is 3.20. The predicted octanol–water partition coefficient (Wildman–Crippen LogP) is 4.44. The normalized spacial score (nSPS) is 24.0. The number of hydrogen-bond donors (Lipinski definition) is 3. The van der Waals surface area contributed by atoms with Gasteiger partial charge in [0.2, 0.25) is 5.95 Å². The number of thiazole rings is 1. The van der Waals surface area contributed by atoms with E-state index in [9.17, 15) is 17.9 Å². The number of halogens is 1. The highest BCUT2D eigenvalue weighted by Crippen LogP contribution is 2.61. The van der Waals surface area contributed by atoms with Crippen molar-refractivity contribution in [2.45, 2.75) is 68.4 Å². The van der Waals surface area contributed by atoms with Crippen molar-refractivity contribution in [2.24, 2.45) is 5.92 Å². The smallest absolute Gasteiger partial charge is 0.224 e. The largest absolute Gasteiger partial charge is 0.388 e. The van der Waals surface area contributed by atoms with Gasteiger partial charge in [0.15, 0.2) is 9.84 Å². The molecule has 0 aliphatic heterocycles. The van der Waals surface area contributed by atoms with Crippen LogP contribution in [0.4, 0.5) is 16.2 Å². The lowest BCUT2D eigenvalue weighted by Crippen LogP contribution is -2.29. The number of sulfone groups is 1. The van der Waals surface area contributed by atoms with Gasteiger partial charge in [-0.05, 0) is 70.4 Å². The highest BCUT2D eigenvalue weighted by Gasteiger charge is 2.74. The van der Waals surface area contributed by atoms with E-state index in [1.165, 1.54) is 30.4 Å². The lowest BCUT2D eigenvalue weighted by molar-refractivity contribution is 0.128. The molecule has 2 saturated carbocycles. The Labute approximate surface area is 247 Å². The zero-order chi connectivity index (χ0) is 30.0. The number of anilines is 2. The highest BCUT2D eigenvalue weighted by atomic mass is 32.2. The van der Waals surface area contributed by atoms with Gasteiger partial charge in [0.1, 0.15) is 27.4 Å². The summed E-state index contributed by atoms with van der Waals surface area (Å²) in [4.78, 5) is 18.7. The molecule has 222 valence electrons. The number of benzene rings is 1. The molecular formula is C29H33FN6O4S2. The molecule has 42 heavy (non-hydrogen) atoms. The first kappa shape index (κ1) is 28.8. The minimum atomic E-state index is -3.83. The first-order valence-electron chi connectivity index (χ1n) is 13.8. The Bertz CT molecular complexity index is 1800. The molecule has 10 nitrogen and oxygen atoms in total. The second-order valence-corrected chi connectivity index (χ2v) is 14.4. The molecule has 3 N–H and O–H groups in total. The summed E-state index contributed by atoms with van der Waals surface area (Å²) in [5.74, 6) is 0.0841. The van der Waals surface area contributed by atoms with Crippen molar-refractivity contribution in [1.29, 1.82) is 0 Å². The van der Waals surface area contributed by atoms with Gasteiger partial charge in [-0.2, -0.15) is 4.98 Å². The lowest BCUT2D eigenvalue weighted by atomic mass is 10.1. The van der Waals surface area contributed by atoms with Gasteiger partial charge in [-0.1, -0.05) is 0 Å². The Morgan fingerprint density at radius 3 is 2.64 bits per heavy atom. The molecule has 1 aromatic carbocycles. The molecule has 5 unspecified atom stereocenters. The summed E-state index contributed by atoms with van der Waals surface area (Å²) in [5.41, 5.74) is 2.01. The molecule has 0 amide bonds. The molecule has 0 radical (unpaired) electrons. The van der Waals surface area contributed by atoms with Crippen molar-refractivity contribution in [1.82, 2.24) is 19.9 Å². The molecule has 13 heteroatoms. The average molecular weight is 613 g/mol. The van der Waals surface area contributed by atoms with Crippen LogP contribution >= 0.6 is 11.3 Å². The minimum absolute atomic E-state index is 0.0362. The predicted molar refractivity (Wildman–Crippen MR) is 160 cm³/mol. The van der Waals surface area contributed by atoms with Crippen LogP contribution in [0.2, 0.25) is 0 Å². The molecule has 3 heterocycles. The van der Waals surface area contributed by atoms with Gasteiger partial charge >= 0.3 is 0 Å². The van der Waals surface area contributed by atoms with Gasteiger partial charge in [0.05, 0.1) is 38.3 Å². The number of pyridine rings is 1. The molecule has 2 aliphatic carbocycles. The molecule has 2 aliphatic rings. The Morgan fingerprint density at radius 2 is 1.98 bits per heavy atom. The number of hydrogen-bond acceptors (Lipinski definition) is 11. The monoisotopic (exact) mass is 612 g/mol. The molecule has 5 atom stereocenters. The van der Waals surface area contributed by atoms with Gasteiger partial charge in [-0.25, -0.2) is 22.8 Å². The number of nitrogens with zero attached hydrogens (tertiary/aromatic N) is 4. The molecule has 0 saturated heterocycles. The fraction of sp³-hybridized carbons (Fsp3) is 0.448. The Kier molecular flexibility index (Phi) is 7.19. The summed E-state index contributed by atoms with van der Waals surface area (Å²) in [7, 11) is -2.19. The van der Waals surface area contributed by atoms with E-state index in [4.69, 9.17) is 19.7 Å². The summed E-state index contributed by atoms with van der Waals surface area (Å²) in [5, 5.41) is 18.0. The molecular weight excluding hydrogens is 579 g/mol. The van der Waals surface area contributed by atoms with Crippen molar-refractivity contribution in [3.63, 3.8) is 0 Å². The minimum Gasteiger partial charge on any atom is -0.388 e. The van der Waals surface area contributed by atoms with Gasteiger partial charge in [0, 0.05) is 31.8 Å². The topological polar surface area (TPSA) is 139 Å². The van der Waals surface area contributed by atoms with Crippen molar-refractivity contribution in [3.05, 3.63) is 53.2 Å². The molecule has 4 aromatic rings. The third-order valence-corrected chi connectivity index (χ3v) is 11.7. The Balaban J connectivity index is 1.29. The van der Waals surface area contributed by atoms with Crippen molar-refractivity contribution >= 4 is 43.2 Å². The first-order valence-corrected chi connectivity index (χ1v) is 16.2. The maximum absolute atomic E-state index is 13.8. The Morgan fingerprint density at radius 1 is 1.19 bits per heavy atom. The number of nitrogens with one attached hydrogen (secondary N) is 2. The zero-order valence-corrected chi connectivity index (χ0v) is 25.6. The number of aromatic nitrogens is 4. The van der Waals surface area contributed by atoms with E-state index in [0.717, 1.165) is 38.2 Å². The van der Waals surface area contributed by atoms with Crippen molar-refractivity contribution in [2.75, 3.05) is 24.3 Å². The van der Waals surface area contributed by atoms with Crippen LogP contribution in [0.15, 0.2) is 35.4 Å². The number of ether oxygens (including phenoxy) is 1. The van der Waals surface area contributed by atoms with E-state index in [-0.39, 0.29) is 29.0 Å². The number of rotatable bonds is 9. The van der Waals surface area contributed by atoms with Gasteiger partial charge in [-0.15, -0.1) is 11.3 Å². The fourth-order valence-electron chi connectivity index (χ4n) is 5.99. The van der Waals surface area contributed by atoms with Crippen LogP contribution in [0.1, 0.15) is 36.7 Å². The maximum atomic E-state index is 13.8. The maximum Gasteiger partial charge on any atom is 0.224 e. The summed E-state index contributed by atoms with van der Waals surface area (Å²) >= 11 is 1.52. The molecule has 2 fully saturated rings. The molecule has 0 bridgehead atoms. The summed E-state index contributed by atoms with van der Waals surface area (Å²) in [6.07, 6.45) is 2.38. The van der Waals surface area contributed by atoms with Crippen LogP contribution in [0.3, 0.4) is 0 Å². The standard InChI is InChI=1S/C29H33FN6O4S2/c1-14-10-19(6-7-21(14)30)42(38,39)25-20-11-18(12-29(20,25)37)34-26-23(16(3)33-28(36-26)32-13-15(2)40-5)27-35-24-17(4)31-9-8-22(24)41-27/h6-10,15,18,20,25,37H,11-13H2,1-5H3,(H2,32,33,34,36). The third kappa shape index (κ3) is 4.91. The van der Waals surface area contributed by atoms with E-state index < -0.39 is 32.4 Å². The number of fused-ring (bicyclic) bond motifs is 2. The van der Waals surface area contributed by atoms with Gasteiger partial charge in [0.25, 0.3) is 0 Å². The van der Waals surface area contributed by atoms with E-state index >= 15 is 0 Å². The van der Waals surface area contributed by atoms with E-state index in [2.05, 4.69) is 15.6 Å². The second-order valence-electron chi connectivity index (χ2n) is 11.3. The fourth-order valence-corrected chi connectivity index (χ4v) is 9.51. The number of aliphatic hydroxyl groups is 1. The quantitative estimate of drug-likeness (QED) is 0.233. The van der Waals surface area contributed by atoms with Crippen molar-refractivity contribution < 1.29 is 22.7 Å². The van der Waals surface area contributed by atoms with Gasteiger partial charge in [-0.3, -0.25) is 4.98 Å². The van der Waals surface area contributed by atoms with Crippen LogP contribution in [0.25, 0.3) is 20.8 Å². The van der Waals surface area contributed by atoms with E-state index in [1.807, 2.05) is 26.8 Å². The second kappa shape index (κ2) is 10.5. The number of aryl methyl sites for hydroxylation is 3. The molecule has 6 rings (SSSR count). The van der Waals surface area contributed by atoms with Crippen LogP contribution in [0.5, 0.6) is 0 Å². The summed E-state index contributed by atoms with van der Waals surface area (Å²) < 4.78 is 46.9. The first-order chi connectivity index (χ1) is 19.9. The van der Waals surface area contributed by atoms with Crippen LogP contribution in [-0.2, 0) is 14.6 Å². The van der Waals surface area contributed by atoms with Gasteiger partial charge < -0.3 is 20.5 Å². The van der Waals surface area contributed by atoms with E-state index in [1.54, 1.807) is 13.3 Å². The Hall–Kier alpha value is -3.26. The van der Waals surface area contributed by atoms with Crippen LogP contribution in [-0.4, -0.2) is 70.1 Å². The SMILES string of the molecule is COC(C)CNc1nc(C)c(-c2nc3c(C)nccc3s2)c(NC2CC3C(S(=O)(=O)c4ccc(F)c(C)c4)C3(O)C2)n1. The van der Waals surface area contributed by atoms with E-state index in [0.29, 0.717) is 24.7 Å². The molecule has 0 spiro atoms. The summed E-state index contributed by atoms with van der Waals surface area (Å²) in [6, 6.07) is 5.47. The molecule has 3 aromatic heterocycles. The number of methoxy groups -OCH3 is 1. The van der Waals surface area contributed by atoms with Crippen LogP contribution in [0, 0.1) is 32.5 Å². The van der Waals surface area contributed by atoms with Crippen LogP contribution < -0.4 is 10.6 Å². The van der Waals surface area contributed by atoms with Crippen molar-refractivity contribution in [3.8, 4) is 10.6 Å². The zero-order valence-electron chi connectivity index (χ0n) is 24.0. The third-order valence-electron chi connectivity index (χ3n) is 8.38. The summed E-state index contributed by atoms with van der Waals surface area (Å²) in [6.45, 7) is 7.79. The lowest BCUT2D eigenvalue weighted by Gasteiger charge is -2.22. The highest BCUT2D eigenvalue weighted by molar-refractivity contribution is 7.92.